The third kappa shape index (κ3) is 5.78. The minimum Gasteiger partial charge on any atom is -0.395 e. The van der Waals surface area contributed by atoms with E-state index in [1.165, 1.54) is 12.3 Å². The topological polar surface area (TPSA) is 100 Å². The third-order valence-corrected chi connectivity index (χ3v) is 6.02. The van der Waals surface area contributed by atoms with Gasteiger partial charge in [0.2, 0.25) is 11.9 Å². The largest absolute Gasteiger partial charge is 0.395 e. The number of fused-ring (bicyclic) bond motifs is 1. The van der Waals surface area contributed by atoms with Crippen LogP contribution in [0.1, 0.15) is 42.7 Å². The van der Waals surface area contributed by atoms with Gasteiger partial charge < -0.3 is 15.3 Å². The number of halogens is 1. The van der Waals surface area contributed by atoms with E-state index in [4.69, 9.17) is 0 Å². The molecule has 0 saturated heterocycles. The van der Waals surface area contributed by atoms with Gasteiger partial charge in [-0.15, -0.1) is 0 Å². The van der Waals surface area contributed by atoms with E-state index in [0.717, 1.165) is 21.5 Å². The fourth-order valence-corrected chi connectivity index (χ4v) is 3.89. The van der Waals surface area contributed by atoms with Gasteiger partial charge in [0.05, 0.1) is 12.8 Å². The molecule has 8 nitrogen and oxygen atoms in total. The summed E-state index contributed by atoms with van der Waals surface area (Å²) in [6, 6.07) is 8.99. The number of amides is 2. The summed E-state index contributed by atoms with van der Waals surface area (Å²) in [6.07, 6.45) is 4.42. The Labute approximate surface area is 209 Å². The number of aliphatic hydroxyl groups is 1. The molecule has 2 aromatic heterocycles. The Morgan fingerprint density at radius 1 is 1.31 bits per heavy atom. The van der Waals surface area contributed by atoms with E-state index >= 15 is 0 Å². The lowest BCUT2D eigenvalue weighted by molar-refractivity contribution is -0.120. The third-order valence-electron chi connectivity index (χ3n) is 6.02. The van der Waals surface area contributed by atoms with Crippen molar-refractivity contribution in [1.29, 1.82) is 0 Å². The molecule has 0 bridgehead atoms. The Balaban J connectivity index is 1.45. The lowest BCUT2D eigenvalue weighted by atomic mass is 9.95. The molecule has 2 N–H and O–H groups in total. The van der Waals surface area contributed by atoms with Crippen molar-refractivity contribution in [3.8, 4) is 11.8 Å². The molecule has 0 saturated carbocycles. The predicted molar refractivity (Wildman–Crippen MR) is 133 cm³/mol. The molecule has 186 valence electrons. The summed E-state index contributed by atoms with van der Waals surface area (Å²) < 4.78 is 14.5. The first-order valence-electron chi connectivity index (χ1n) is 11.7. The van der Waals surface area contributed by atoms with E-state index in [2.05, 4.69) is 27.2 Å². The zero-order chi connectivity index (χ0) is 25.9. The van der Waals surface area contributed by atoms with Crippen molar-refractivity contribution in [2.45, 2.75) is 39.2 Å². The second-order valence-electron chi connectivity index (χ2n) is 9.50. The molecule has 3 heterocycles. The first kappa shape index (κ1) is 25.1. The Bertz CT molecular complexity index is 1350. The van der Waals surface area contributed by atoms with E-state index in [0.29, 0.717) is 30.5 Å². The Kier molecular flexibility index (Phi) is 7.17. The molecule has 0 radical (unpaired) electrons. The summed E-state index contributed by atoms with van der Waals surface area (Å²) in [6.45, 7) is 3.66. The average Bonchev–Trinajstić information content (AvgIpc) is 3.29. The average molecular weight is 490 g/mol. The fraction of sp³-hybridized carbons (Fsp3) is 0.333. The van der Waals surface area contributed by atoms with E-state index in [1.807, 2.05) is 32.0 Å². The number of hydrogen-bond acceptors (Lipinski definition) is 5. The Morgan fingerprint density at radius 3 is 2.86 bits per heavy atom. The van der Waals surface area contributed by atoms with Crippen LogP contribution in [0.3, 0.4) is 0 Å². The number of aromatic nitrogens is 3. The summed E-state index contributed by atoms with van der Waals surface area (Å²) in [4.78, 5) is 31.4. The standard InChI is InChI=1S/C27H28FN5O3/c1-27(2,17-34)12-11-18-7-8-20-9-10-22(25(35)32(3)23(20)14-18)31-26(36)33-16-19(15-29-33)13-21-5-4-6-24(28)30-21/h4-8,14-16,22,34H,9-10,13,17H2,1-3H3,(H,31,36). The van der Waals surface area contributed by atoms with Gasteiger partial charge in [0.1, 0.15) is 6.04 Å². The number of aliphatic hydroxyl groups excluding tert-OH is 1. The number of likely N-dealkylation sites (N-methyl/N-ethyl adjacent to an activating group) is 1. The molecule has 1 atom stereocenters. The fourth-order valence-electron chi connectivity index (χ4n) is 3.89. The van der Waals surface area contributed by atoms with E-state index in [1.54, 1.807) is 30.3 Å². The molecule has 1 aliphatic heterocycles. The summed E-state index contributed by atoms with van der Waals surface area (Å²) in [5.41, 5.74) is 3.17. The molecule has 1 aromatic carbocycles. The number of nitrogens with one attached hydrogen (secondary N) is 1. The van der Waals surface area contributed by atoms with Crippen LogP contribution in [-0.4, -0.2) is 51.5 Å². The maximum absolute atomic E-state index is 13.3. The molecule has 0 fully saturated rings. The summed E-state index contributed by atoms with van der Waals surface area (Å²) in [5.74, 6) is 5.32. The monoisotopic (exact) mass is 489 g/mol. The molecular formula is C27H28FN5O3. The summed E-state index contributed by atoms with van der Waals surface area (Å²) >= 11 is 0. The number of aryl methyl sites for hydroxylation is 1. The normalized spacial score (nSPS) is 15.5. The number of benzene rings is 1. The van der Waals surface area contributed by atoms with Crippen LogP contribution < -0.4 is 10.2 Å². The molecule has 1 unspecified atom stereocenters. The van der Waals surface area contributed by atoms with E-state index in [9.17, 15) is 19.1 Å². The van der Waals surface area contributed by atoms with Crippen molar-refractivity contribution in [2.24, 2.45) is 5.41 Å². The second-order valence-corrected chi connectivity index (χ2v) is 9.50. The van der Waals surface area contributed by atoms with Crippen LogP contribution in [0.25, 0.3) is 0 Å². The van der Waals surface area contributed by atoms with Crippen LogP contribution in [0.2, 0.25) is 0 Å². The highest BCUT2D eigenvalue weighted by molar-refractivity contribution is 6.00. The van der Waals surface area contributed by atoms with Crippen LogP contribution in [-0.2, 0) is 17.6 Å². The van der Waals surface area contributed by atoms with Crippen molar-refractivity contribution >= 4 is 17.6 Å². The first-order chi connectivity index (χ1) is 17.1. The Morgan fingerprint density at radius 2 is 2.11 bits per heavy atom. The quantitative estimate of drug-likeness (QED) is 0.434. The number of carbonyl (C=O) groups is 2. The predicted octanol–water partition coefficient (Wildman–Crippen LogP) is 2.91. The number of hydrogen-bond donors (Lipinski definition) is 2. The zero-order valence-electron chi connectivity index (χ0n) is 20.5. The molecule has 9 heteroatoms. The van der Waals surface area contributed by atoms with Gasteiger partial charge in [0, 0.05) is 42.0 Å². The van der Waals surface area contributed by atoms with Crippen LogP contribution in [0, 0.1) is 23.2 Å². The van der Waals surface area contributed by atoms with E-state index < -0.39 is 23.4 Å². The van der Waals surface area contributed by atoms with Crippen LogP contribution in [0.5, 0.6) is 0 Å². The number of anilines is 1. The van der Waals surface area contributed by atoms with Crippen LogP contribution in [0.4, 0.5) is 14.9 Å². The smallest absolute Gasteiger partial charge is 0.342 e. The van der Waals surface area contributed by atoms with Crippen LogP contribution in [0.15, 0.2) is 48.8 Å². The molecule has 2 amide bonds. The van der Waals surface area contributed by atoms with Crippen molar-refractivity contribution in [3.05, 3.63) is 77.1 Å². The minimum absolute atomic E-state index is 0.0514. The van der Waals surface area contributed by atoms with Gasteiger partial charge in [-0.05, 0) is 62.1 Å². The maximum Gasteiger partial charge on any atom is 0.342 e. The summed E-state index contributed by atoms with van der Waals surface area (Å²) in [7, 11) is 1.68. The SMILES string of the molecule is CN1C(=O)C(NC(=O)n2cc(Cc3cccc(F)n3)cn2)CCc2ccc(C#CC(C)(C)CO)cc21. The number of pyridine rings is 1. The maximum atomic E-state index is 13.3. The molecule has 4 rings (SSSR count). The lowest BCUT2D eigenvalue weighted by Gasteiger charge is -2.22. The van der Waals surface area contributed by atoms with Gasteiger partial charge >= 0.3 is 6.03 Å². The molecule has 0 aliphatic carbocycles. The molecule has 0 spiro atoms. The highest BCUT2D eigenvalue weighted by atomic mass is 19.1. The van der Waals surface area contributed by atoms with Crippen molar-refractivity contribution in [2.75, 3.05) is 18.6 Å². The zero-order valence-corrected chi connectivity index (χ0v) is 20.5. The number of nitrogens with zero attached hydrogens (tertiary/aromatic N) is 4. The van der Waals surface area contributed by atoms with Crippen molar-refractivity contribution in [3.63, 3.8) is 0 Å². The summed E-state index contributed by atoms with van der Waals surface area (Å²) in [5, 5.41) is 16.3. The van der Waals surface area contributed by atoms with Gasteiger partial charge in [-0.2, -0.15) is 14.2 Å². The first-order valence-corrected chi connectivity index (χ1v) is 11.7. The molecule has 1 aliphatic rings. The van der Waals surface area contributed by atoms with Gasteiger partial charge in [-0.3, -0.25) is 4.79 Å². The molecule has 36 heavy (non-hydrogen) atoms. The van der Waals surface area contributed by atoms with Gasteiger partial charge in [-0.25, -0.2) is 9.78 Å². The van der Waals surface area contributed by atoms with E-state index in [-0.39, 0.29) is 12.5 Å². The highest BCUT2D eigenvalue weighted by Gasteiger charge is 2.30. The molecule has 3 aromatic rings. The van der Waals surface area contributed by atoms with Gasteiger partial charge in [-0.1, -0.05) is 24.0 Å². The van der Waals surface area contributed by atoms with Gasteiger partial charge in [0.25, 0.3) is 0 Å². The minimum atomic E-state index is -0.727. The highest BCUT2D eigenvalue weighted by Crippen LogP contribution is 2.27. The number of carbonyl (C=O) groups excluding carboxylic acids is 2. The number of rotatable bonds is 4. The second kappa shape index (κ2) is 10.3. The lowest BCUT2D eigenvalue weighted by Crippen LogP contribution is -2.48. The van der Waals surface area contributed by atoms with Crippen LogP contribution >= 0.6 is 0 Å². The molecular weight excluding hydrogens is 461 g/mol. The van der Waals surface area contributed by atoms with Crippen molar-refractivity contribution < 1.29 is 19.1 Å². The van der Waals surface area contributed by atoms with Gasteiger partial charge in [0.15, 0.2) is 0 Å². The Hall–Kier alpha value is -4.03. The van der Waals surface area contributed by atoms with Crippen molar-refractivity contribution in [1.82, 2.24) is 20.1 Å².